The van der Waals surface area contributed by atoms with Crippen LogP contribution in [0.4, 0.5) is 0 Å². The average molecular weight is 235 g/mol. The summed E-state index contributed by atoms with van der Waals surface area (Å²) in [7, 11) is 0. The van der Waals surface area contributed by atoms with Crippen LogP contribution in [-0.2, 0) is 19.3 Å². The Kier molecular flexibility index (Phi) is 1.63. The third-order valence-corrected chi connectivity index (χ3v) is 3.98. The highest BCUT2D eigenvalue weighted by molar-refractivity contribution is 9.10. The number of hydrogen-bond donors (Lipinski definition) is 0. The second-order valence-corrected chi connectivity index (χ2v) is 4.65. The van der Waals surface area contributed by atoms with E-state index in [1.54, 1.807) is 11.1 Å². The number of allylic oxidation sites excluding steroid dienone is 1. The Morgan fingerprint density at radius 1 is 1.15 bits per heavy atom. The first-order chi connectivity index (χ1) is 6.36. The maximum absolute atomic E-state index is 3.73. The molecule has 0 heterocycles. The third kappa shape index (κ3) is 1.03. The van der Waals surface area contributed by atoms with Gasteiger partial charge in [0.05, 0.1) is 0 Å². The van der Waals surface area contributed by atoms with Gasteiger partial charge in [-0.05, 0) is 63.9 Å². The monoisotopic (exact) mass is 234 g/mol. The van der Waals surface area contributed by atoms with Crippen LogP contribution in [0.1, 0.15) is 28.7 Å². The Labute approximate surface area is 86.8 Å². The van der Waals surface area contributed by atoms with Gasteiger partial charge >= 0.3 is 0 Å². The molecule has 0 fully saturated rings. The summed E-state index contributed by atoms with van der Waals surface area (Å²) in [6.45, 7) is 0. The van der Waals surface area contributed by atoms with Crippen LogP contribution in [0.25, 0.3) is 6.08 Å². The molecule has 1 heteroatoms. The van der Waals surface area contributed by atoms with Crippen LogP contribution < -0.4 is 0 Å². The van der Waals surface area contributed by atoms with Crippen LogP contribution in [0.3, 0.4) is 0 Å². The molecule has 2 aliphatic rings. The molecule has 66 valence electrons. The standard InChI is InChI=1S/C12H11Br/c13-12-10-5-1-3-8(10)7-9-4-2-6-11(9)12/h1,5,7H,2-4,6H2. The van der Waals surface area contributed by atoms with Gasteiger partial charge in [-0.15, -0.1) is 0 Å². The molecule has 0 amide bonds. The number of halogens is 1. The minimum absolute atomic E-state index is 1.13. The molecule has 0 spiro atoms. The van der Waals surface area contributed by atoms with Gasteiger partial charge in [0, 0.05) is 4.47 Å². The zero-order valence-corrected chi connectivity index (χ0v) is 9.02. The van der Waals surface area contributed by atoms with E-state index in [1.165, 1.54) is 34.9 Å². The van der Waals surface area contributed by atoms with E-state index in [4.69, 9.17) is 0 Å². The molecule has 0 atom stereocenters. The predicted molar refractivity (Wildman–Crippen MR) is 58.9 cm³/mol. The summed E-state index contributed by atoms with van der Waals surface area (Å²) in [5.41, 5.74) is 6.08. The normalized spacial score (nSPS) is 17.6. The van der Waals surface area contributed by atoms with E-state index in [-0.39, 0.29) is 0 Å². The first kappa shape index (κ1) is 7.81. The van der Waals surface area contributed by atoms with Crippen molar-refractivity contribution < 1.29 is 0 Å². The van der Waals surface area contributed by atoms with Crippen LogP contribution in [-0.4, -0.2) is 0 Å². The molecule has 0 saturated carbocycles. The lowest BCUT2D eigenvalue weighted by atomic mass is 10.0. The quantitative estimate of drug-likeness (QED) is 0.645. The van der Waals surface area contributed by atoms with E-state index in [1.807, 2.05) is 0 Å². The van der Waals surface area contributed by atoms with Crippen molar-refractivity contribution >= 4 is 22.0 Å². The molecule has 1 aromatic carbocycles. The molecule has 0 unspecified atom stereocenters. The fourth-order valence-corrected chi connectivity index (χ4v) is 3.26. The van der Waals surface area contributed by atoms with Crippen molar-refractivity contribution in [2.24, 2.45) is 0 Å². The van der Waals surface area contributed by atoms with E-state index in [0.29, 0.717) is 0 Å². The zero-order chi connectivity index (χ0) is 8.84. The number of rotatable bonds is 0. The summed E-state index contributed by atoms with van der Waals surface area (Å²) in [5, 5.41) is 0. The summed E-state index contributed by atoms with van der Waals surface area (Å²) in [5.74, 6) is 0. The smallest absolute Gasteiger partial charge is 0.0285 e. The van der Waals surface area contributed by atoms with Gasteiger partial charge in [-0.3, -0.25) is 0 Å². The lowest BCUT2D eigenvalue weighted by Gasteiger charge is -2.08. The summed E-state index contributed by atoms with van der Waals surface area (Å²) in [4.78, 5) is 0. The highest BCUT2D eigenvalue weighted by Crippen LogP contribution is 2.37. The third-order valence-electron chi connectivity index (χ3n) is 3.08. The SMILES string of the molecule is Brc1c2c(cc3c1CCC3)CC=C2. The van der Waals surface area contributed by atoms with E-state index in [0.717, 1.165) is 6.42 Å². The number of fused-ring (bicyclic) bond motifs is 2. The second-order valence-electron chi connectivity index (χ2n) is 3.86. The molecule has 1 aromatic rings. The van der Waals surface area contributed by atoms with Gasteiger partial charge in [-0.2, -0.15) is 0 Å². The van der Waals surface area contributed by atoms with Crippen LogP contribution in [0, 0.1) is 0 Å². The maximum atomic E-state index is 3.73. The lowest BCUT2D eigenvalue weighted by molar-refractivity contribution is 0.910. The largest absolute Gasteiger partial charge is 0.0795 e. The van der Waals surface area contributed by atoms with Crippen molar-refractivity contribution in [1.82, 2.24) is 0 Å². The van der Waals surface area contributed by atoms with Crippen LogP contribution in [0.2, 0.25) is 0 Å². The fourth-order valence-electron chi connectivity index (χ4n) is 2.42. The lowest BCUT2D eigenvalue weighted by Crippen LogP contribution is -1.91. The van der Waals surface area contributed by atoms with Crippen molar-refractivity contribution in [1.29, 1.82) is 0 Å². The van der Waals surface area contributed by atoms with Gasteiger partial charge in [-0.25, -0.2) is 0 Å². The summed E-state index contributed by atoms with van der Waals surface area (Å²) < 4.78 is 1.37. The molecular weight excluding hydrogens is 224 g/mol. The Bertz CT molecular complexity index is 401. The summed E-state index contributed by atoms with van der Waals surface area (Å²) >= 11 is 3.73. The molecule has 0 nitrogen and oxygen atoms in total. The van der Waals surface area contributed by atoms with Gasteiger partial charge in [0.25, 0.3) is 0 Å². The molecule has 0 N–H and O–H groups in total. The van der Waals surface area contributed by atoms with Gasteiger partial charge in [0.15, 0.2) is 0 Å². The minimum Gasteiger partial charge on any atom is -0.0795 e. The molecule has 2 aliphatic carbocycles. The van der Waals surface area contributed by atoms with E-state index in [9.17, 15) is 0 Å². The molecule has 13 heavy (non-hydrogen) atoms. The highest BCUT2D eigenvalue weighted by atomic mass is 79.9. The average Bonchev–Trinajstić information content (AvgIpc) is 2.71. The Balaban J connectivity index is 2.30. The van der Waals surface area contributed by atoms with Crippen LogP contribution in [0.15, 0.2) is 16.6 Å². The second kappa shape index (κ2) is 2.71. The number of hydrogen-bond acceptors (Lipinski definition) is 0. The fraction of sp³-hybridized carbons (Fsp3) is 0.333. The Morgan fingerprint density at radius 2 is 2.08 bits per heavy atom. The molecule has 0 bridgehead atoms. The highest BCUT2D eigenvalue weighted by Gasteiger charge is 2.19. The summed E-state index contributed by atoms with van der Waals surface area (Å²) in [6.07, 6.45) is 9.50. The topological polar surface area (TPSA) is 0 Å². The van der Waals surface area contributed by atoms with Crippen molar-refractivity contribution in [3.8, 4) is 0 Å². The molecule has 0 aliphatic heterocycles. The molecule has 3 rings (SSSR count). The van der Waals surface area contributed by atoms with Crippen molar-refractivity contribution in [2.75, 3.05) is 0 Å². The van der Waals surface area contributed by atoms with Crippen molar-refractivity contribution in [3.63, 3.8) is 0 Å². The zero-order valence-electron chi connectivity index (χ0n) is 7.44. The van der Waals surface area contributed by atoms with Gasteiger partial charge in [0.1, 0.15) is 0 Å². The van der Waals surface area contributed by atoms with Crippen molar-refractivity contribution in [3.05, 3.63) is 38.9 Å². The van der Waals surface area contributed by atoms with Gasteiger partial charge in [0.2, 0.25) is 0 Å². The molecule has 0 radical (unpaired) electrons. The first-order valence-electron chi connectivity index (χ1n) is 4.86. The molecular formula is C12H11Br. The summed E-state index contributed by atoms with van der Waals surface area (Å²) in [6, 6.07) is 2.41. The molecule has 0 aromatic heterocycles. The molecule has 0 saturated heterocycles. The number of benzene rings is 1. The first-order valence-corrected chi connectivity index (χ1v) is 5.65. The minimum atomic E-state index is 1.13. The Hall–Kier alpha value is -0.560. The van der Waals surface area contributed by atoms with Crippen LogP contribution in [0.5, 0.6) is 0 Å². The maximum Gasteiger partial charge on any atom is 0.0285 e. The van der Waals surface area contributed by atoms with E-state index >= 15 is 0 Å². The van der Waals surface area contributed by atoms with Crippen LogP contribution >= 0.6 is 15.9 Å². The van der Waals surface area contributed by atoms with E-state index < -0.39 is 0 Å². The predicted octanol–water partition coefficient (Wildman–Crippen LogP) is 3.51. The Morgan fingerprint density at radius 3 is 3.00 bits per heavy atom. The van der Waals surface area contributed by atoms with Gasteiger partial charge < -0.3 is 0 Å². The van der Waals surface area contributed by atoms with Crippen molar-refractivity contribution in [2.45, 2.75) is 25.7 Å². The van der Waals surface area contributed by atoms with E-state index in [2.05, 4.69) is 34.1 Å². The van der Waals surface area contributed by atoms with Gasteiger partial charge in [-0.1, -0.05) is 18.2 Å². The number of aryl methyl sites for hydroxylation is 1.